The van der Waals surface area contributed by atoms with Crippen molar-refractivity contribution in [3.05, 3.63) is 0 Å². The molecule has 0 spiro atoms. The van der Waals surface area contributed by atoms with E-state index in [0.717, 1.165) is 0 Å². The van der Waals surface area contributed by atoms with Gasteiger partial charge in [-0.05, 0) is 19.8 Å². The zero-order valence-electron chi connectivity index (χ0n) is 11.4. The van der Waals surface area contributed by atoms with Crippen LogP contribution in [-0.4, -0.2) is 35.7 Å². The van der Waals surface area contributed by atoms with Crippen LogP contribution in [0.1, 0.15) is 27.7 Å². The maximum Gasteiger partial charge on any atom is 0.226 e. The Kier molecular flexibility index (Phi) is 4.95. The van der Waals surface area contributed by atoms with E-state index in [1.165, 1.54) is 0 Å². The Morgan fingerprint density at radius 2 is 2.06 bits per heavy atom. The van der Waals surface area contributed by atoms with Crippen LogP contribution in [0.4, 0.5) is 0 Å². The molecule has 4 N–H and O–H groups in total. The zero-order valence-corrected chi connectivity index (χ0v) is 11.4. The normalized spacial score (nSPS) is 34.3. The van der Waals surface area contributed by atoms with Crippen molar-refractivity contribution in [2.75, 3.05) is 6.54 Å². The van der Waals surface area contributed by atoms with Gasteiger partial charge >= 0.3 is 0 Å². The van der Waals surface area contributed by atoms with Gasteiger partial charge in [-0.15, -0.1) is 0 Å². The summed E-state index contributed by atoms with van der Waals surface area (Å²) in [5.41, 5.74) is 5.46. The lowest BCUT2D eigenvalue weighted by Gasteiger charge is -2.19. The van der Waals surface area contributed by atoms with Crippen molar-refractivity contribution >= 4 is 11.7 Å². The van der Waals surface area contributed by atoms with Gasteiger partial charge in [0.2, 0.25) is 5.91 Å². The molecule has 1 saturated heterocycles. The first kappa shape index (κ1) is 14.8. The Morgan fingerprint density at radius 3 is 2.50 bits per heavy atom. The number of ether oxygens (including phenoxy) is 1. The summed E-state index contributed by atoms with van der Waals surface area (Å²) in [5, 5.41) is 14.3. The number of amides is 1. The minimum Gasteiger partial charge on any atom is -0.409 e. The highest BCUT2D eigenvalue weighted by Gasteiger charge is 2.41. The van der Waals surface area contributed by atoms with Crippen molar-refractivity contribution in [2.45, 2.75) is 39.9 Å². The lowest BCUT2D eigenvalue weighted by molar-refractivity contribution is -0.127. The lowest BCUT2D eigenvalue weighted by Crippen LogP contribution is -2.41. The first-order valence-corrected chi connectivity index (χ1v) is 6.29. The maximum atomic E-state index is 12.1. The Labute approximate surface area is 108 Å². The van der Waals surface area contributed by atoms with Crippen LogP contribution in [0.3, 0.4) is 0 Å². The van der Waals surface area contributed by atoms with E-state index in [2.05, 4.69) is 10.5 Å². The highest BCUT2D eigenvalue weighted by Crippen LogP contribution is 2.32. The van der Waals surface area contributed by atoms with Gasteiger partial charge in [0.25, 0.3) is 0 Å². The fourth-order valence-corrected chi connectivity index (χ4v) is 2.29. The largest absolute Gasteiger partial charge is 0.409 e. The molecule has 0 aromatic heterocycles. The van der Waals surface area contributed by atoms with Crippen molar-refractivity contribution in [3.8, 4) is 0 Å². The zero-order chi connectivity index (χ0) is 13.9. The Hall–Kier alpha value is -1.30. The van der Waals surface area contributed by atoms with Crippen LogP contribution in [0.2, 0.25) is 0 Å². The fourth-order valence-electron chi connectivity index (χ4n) is 2.29. The number of nitrogens with one attached hydrogen (secondary N) is 1. The Morgan fingerprint density at radius 1 is 1.44 bits per heavy atom. The van der Waals surface area contributed by atoms with E-state index in [4.69, 9.17) is 15.7 Å². The van der Waals surface area contributed by atoms with E-state index in [9.17, 15) is 4.79 Å². The minimum atomic E-state index is -0.190. The molecule has 0 aromatic carbocycles. The molecule has 0 aliphatic carbocycles. The number of carbonyl (C=O) groups excluding carboxylic acids is 1. The average molecular weight is 257 g/mol. The van der Waals surface area contributed by atoms with Crippen LogP contribution in [-0.2, 0) is 9.53 Å². The number of rotatable bonds is 4. The molecule has 0 radical (unpaired) electrons. The summed E-state index contributed by atoms with van der Waals surface area (Å²) in [7, 11) is 0. The fraction of sp³-hybridized carbons (Fsp3) is 0.833. The molecule has 0 aromatic rings. The average Bonchev–Trinajstić information content (AvgIpc) is 2.59. The summed E-state index contributed by atoms with van der Waals surface area (Å²) in [4.78, 5) is 12.1. The number of carbonyl (C=O) groups is 1. The number of nitrogens with zero attached hydrogens (tertiary/aromatic N) is 1. The van der Waals surface area contributed by atoms with Gasteiger partial charge in [-0.3, -0.25) is 4.79 Å². The van der Waals surface area contributed by atoms with E-state index in [0.29, 0.717) is 6.54 Å². The quantitative estimate of drug-likeness (QED) is 0.296. The monoisotopic (exact) mass is 257 g/mol. The van der Waals surface area contributed by atoms with Crippen LogP contribution in [0, 0.1) is 17.8 Å². The molecule has 1 amide bonds. The molecule has 1 fully saturated rings. The number of amidine groups is 1. The molecule has 1 heterocycles. The third-order valence-electron chi connectivity index (χ3n) is 3.75. The van der Waals surface area contributed by atoms with Gasteiger partial charge in [-0.1, -0.05) is 19.0 Å². The van der Waals surface area contributed by atoms with E-state index in [1.54, 1.807) is 6.92 Å². The van der Waals surface area contributed by atoms with Crippen molar-refractivity contribution in [1.82, 2.24) is 5.32 Å². The number of hydrogen-bond acceptors (Lipinski definition) is 4. The number of nitrogens with two attached hydrogens (primary N) is 1. The Balaban J connectivity index is 2.51. The molecule has 6 heteroatoms. The molecular formula is C12H23N3O3. The summed E-state index contributed by atoms with van der Waals surface area (Å²) >= 11 is 0. The summed E-state index contributed by atoms with van der Waals surface area (Å²) in [6, 6.07) is 0. The SMILES string of the molecule is CC(CNC(=O)C1C(C)OC(C)C1C)C(N)=NO. The topological polar surface area (TPSA) is 96.9 Å². The predicted molar refractivity (Wildman–Crippen MR) is 68.2 cm³/mol. The molecule has 0 saturated carbocycles. The molecule has 6 nitrogen and oxygen atoms in total. The van der Waals surface area contributed by atoms with Crippen molar-refractivity contribution in [2.24, 2.45) is 28.6 Å². The van der Waals surface area contributed by atoms with E-state index in [-0.39, 0.29) is 41.7 Å². The first-order chi connectivity index (χ1) is 8.38. The van der Waals surface area contributed by atoms with Crippen LogP contribution >= 0.6 is 0 Å². The van der Waals surface area contributed by atoms with E-state index < -0.39 is 0 Å². The molecule has 1 aliphatic rings. The summed E-state index contributed by atoms with van der Waals surface area (Å²) in [5.74, 6) is -0.0488. The molecular weight excluding hydrogens is 234 g/mol. The maximum absolute atomic E-state index is 12.1. The smallest absolute Gasteiger partial charge is 0.226 e. The van der Waals surface area contributed by atoms with E-state index >= 15 is 0 Å². The second-order valence-corrected chi connectivity index (χ2v) is 5.10. The molecule has 5 atom stereocenters. The highest BCUT2D eigenvalue weighted by atomic mass is 16.5. The molecule has 5 unspecified atom stereocenters. The van der Waals surface area contributed by atoms with E-state index in [1.807, 2.05) is 20.8 Å². The van der Waals surface area contributed by atoms with Crippen LogP contribution in [0.15, 0.2) is 5.16 Å². The molecule has 18 heavy (non-hydrogen) atoms. The van der Waals surface area contributed by atoms with Gasteiger partial charge in [0.05, 0.1) is 18.1 Å². The highest BCUT2D eigenvalue weighted by molar-refractivity contribution is 5.84. The third kappa shape index (κ3) is 3.13. The van der Waals surface area contributed by atoms with Crippen LogP contribution in [0.25, 0.3) is 0 Å². The Bertz CT molecular complexity index is 333. The summed E-state index contributed by atoms with van der Waals surface area (Å²) < 4.78 is 5.63. The van der Waals surface area contributed by atoms with Gasteiger partial charge in [0.1, 0.15) is 5.84 Å². The van der Waals surface area contributed by atoms with Crippen molar-refractivity contribution in [1.29, 1.82) is 0 Å². The van der Waals surface area contributed by atoms with Crippen LogP contribution < -0.4 is 11.1 Å². The molecule has 104 valence electrons. The second-order valence-electron chi connectivity index (χ2n) is 5.10. The standard InChI is InChI=1S/C12H23N3O3/c1-6(11(13)15-17)5-14-12(16)10-7(2)8(3)18-9(10)4/h6-10,17H,5H2,1-4H3,(H2,13,15)(H,14,16). The summed E-state index contributed by atoms with van der Waals surface area (Å²) in [6.07, 6.45) is 0.0198. The molecule has 1 aliphatic heterocycles. The number of oxime groups is 1. The minimum absolute atomic E-state index is 0.0306. The lowest BCUT2D eigenvalue weighted by atomic mass is 9.89. The first-order valence-electron chi connectivity index (χ1n) is 6.29. The third-order valence-corrected chi connectivity index (χ3v) is 3.75. The van der Waals surface area contributed by atoms with Crippen molar-refractivity contribution < 1.29 is 14.7 Å². The summed E-state index contributed by atoms with van der Waals surface area (Å²) in [6.45, 7) is 8.06. The second kappa shape index (κ2) is 6.04. The van der Waals surface area contributed by atoms with Gasteiger partial charge in [-0.2, -0.15) is 0 Å². The van der Waals surface area contributed by atoms with Gasteiger partial charge in [-0.25, -0.2) is 0 Å². The molecule has 1 rings (SSSR count). The molecule has 0 bridgehead atoms. The van der Waals surface area contributed by atoms with Crippen molar-refractivity contribution in [3.63, 3.8) is 0 Å². The number of hydrogen-bond donors (Lipinski definition) is 3. The van der Waals surface area contributed by atoms with Crippen LogP contribution in [0.5, 0.6) is 0 Å². The van der Waals surface area contributed by atoms with Gasteiger partial charge in [0.15, 0.2) is 0 Å². The van der Waals surface area contributed by atoms with Gasteiger partial charge in [0, 0.05) is 12.5 Å². The predicted octanol–water partition coefficient (Wildman–Crippen LogP) is 0.545. The van der Waals surface area contributed by atoms with Gasteiger partial charge < -0.3 is 21.0 Å².